The van der Waals surface area contributed by atoms with Gasteiger partial charge in [0.2, 0.25) is 0 Å². The van der Waals surface area contributed by atoms with Crippen LogP contribution in [0.15, 0.2) is 29.5 Å². The Morgan fingerprint density at radius 3 is 3.00 bits per heavy atom. The molecule has 0 amide bonds. The Morgan fingerprint density at radius 2 is 2.21 bits per heavy atom. The van der Waals surface area contributed by atoms with Gasteiger partial charge in [-0.2, -0.15) is 5.10 Å². The minimum atomic E-state index is 0.0131. The van der Waals surface area contributed by atoms with Crippen LogP contribution in [-0.4, -0.2) is 19.5 Å². The predicted molar refractivity (Wildman–Crippen MR) is 106 cm³/mol. The van der Waals surface area contributed by atoms with E-state index in [4.69, 9.17) is 0 Å². The van der Waals surface area contributed by atoms with Gasteiger partial charge in [-0.25, -0.2) is 9.44 Å². The minimum absolute atomic E-state index is 0.0131. The van der Waals surface area contributed by atoms with Crippen molar-refractivity contribution in [3.8, 4) is 0 Å². The normalized spacial score (nSPS) is 20.8. The van der Waals surface area contributed by atoms with E-state index in [1.54, 1.807) is 0 Å². The molecule has 1 aliphatic carbocycles. The van der Waals surface area contributed by atoms with E-state index in [0.717, 1.165) is 24.1 Å². The highest BCUT2D eigenvalue weighted by molar-refractivity contribution is 14.2. The third kappa shape index (κ3) is 2.51. The average molecular weight is 452 g/mol. The van der Waals surface area contributed by atoms with Crippen LogP contribution in [0.2, 0.25) is 0 Å². The van der Waals surface area contributed by atoms with Gasteiger partial charge in [0.25, 0.3) is 5.56 Å². The molecule has 2 heterocycles. The molecule has 3 atom stereocenters. The molecular formula is C17H18IN4OP. The van der Waals surface area contributed by atoms with E-state index in [-0.39, 0.29) is 5.56 Å². The molecule has 7 heteroatoms. The summed E-state index contributed by atoms with van der Waals surface area (Å²) >= 11 is 2.36. The van der Waals surface area contributed by atoms with E-state index in [1.165, 1.54) is 28.4 Å². The van der Waals surface area contributed by atoms with Crippen LogP contribution in [0.25, 0.3) is 10.9 Å². The van der Waals surface area contributed by atoms with Gasteiger partial charge in [-0.05, 0) is 70.8 Å². The van der Waals surface area contributed by atoms with Gasteiger partial charge in [-0.1, -0.05) is 13.0 Å². The van der Waals surface area contributed by atoms with Gasteiger partial charge in [0.15, 0.2) is 0 Å². The summed E-state index contributed by atoms with van der Waals surface area (Å²) in [5, 5.41) is 5.78. The highest BCUT2D eigenvalue weighted by Gasteiger charge is 2.31. The molecule has 4 rings (SSSR count). The Bertz CT molecular complexity index is 980. The number of nitrogens with zero attached hydrogens (tertiary/aromatic N) is 3. The highest BCUT2D eigenvalue weighted by atomic mass is 127. The van der Waals surface area contributed by atoms with Gasteiger partial charge in [0.05, 0.1) is 30.1 Å². The zero-order valence-electron chi connectivity index (χ0n) is 13.5. The summed E-state index contributed by atoms with van der Waals surface area (Å²) in [6, 6.07) is 4.36. The van der Waals surface area contributed by atoms with Crippen LogP contribution in [0.4, 0.5) is 0 Å². The van der Waals surface area contributed by atoms with Crippen LogP contribution in [0.5, 0.6) is 0 Å². The number of rotatable bonds is 2. The molecule has 3 unspecified atom stereocenters. The largest absolute Gasteiger partial charge is 0.313 e. The van der Waals surface area contributed by atoms with Crippen molar-refractivity contribution in [1.29, 1.82) is 0 Å². The first-order valence-electron chi connectivity index (χ1n) is 7.99. The Kier molecular flexibility index (Phi) is 4.21. The fraction of sp³-hybridized carbons (Fsp3) is 0.353. The Labute approximate surface area is 154 Å². The molecule has 0 bridgehead atoms. The maximum Gasteiger partial charge on any atom is 0.254 e. The number of hydrogen-bond acceptors (Lipinski definition) is 3. The van der Waals surface area contributed by atoms with Gasteiger partial charge < -0.3 is 4.98 Å². The minimum Gasteiger partial charge on any atom is -0.313 e. The summed E-state index contributed by atoms with van der Waals surface area (Å²) in [4.78, 5) is 19.2. The number of benzene rings is 1. The van der Waals surface area contributed by atoms with Gasteiger partial charge in [-0.15, -0.1) is 0 Å². The van der Waals surface area contributed by atoms with Gasteiger partial charge >= 0.3 is 0 Å². The molecule has 124 valence electrons. The van der Waals surface area contributed by atoms with E-state index in [2.05, 4.69) is 67.5 Å². The number of hydrogen-bond donors (Lipinski definition) is 1. The van der Waals surface area contributed by atoms with Crippen LogP contribution in [-0.2, 0) is 12.8 Å². The first-order valence-corrected chi connectivity index (χ1v) is 12.1. The summed E-state index contributed by atoms with van der Waals surface area (Å²) in [6.07, 6.45) is 5.71. The Morgan fingerprint density at radius 1 is 1.38 bits per heavy atom. The summed E-state index contributed by atoms with van der Waals surface area (Å²) in [7, 11) is 0. The molecule has 24 heavy (non-hydrogen) atoms. The standard InChI is InChI=1S/C17H18IN4OP/c1-9-3-4-15-13(7-21-22(15)24-18)16(9)11-6-14-12(5-10(11)2)17(23)20-8-19-14/h3-4,7-8,10-11,24H,5-6H2,1-2H3,(H,19,20,23). The third-order valence-corrected chi connectivity index (χ3v) is 7.02. The summed E-state index contributed by atoms with van der Waals surface area (Å²) in [5.41, 5.74) is 5.67. The molecule has 0 saturated carbocycles. The zero-order chi connectivity index (χ0) is 16.8. The molecule has 0 spiro atoms. The fourth-order valence-electron chi connectivity index (χ4n) is 3.90. The molecule has 0 aliphatic heterocycles. The van der Waals surface area contributed by atoms with E-state index in [9.17, 15) is 4.79 Å². The quantitative estimate of drug-likeness (QED) is 0.476. The van der Waals surface area contributed by atoms with E-state index in [1.807, 2.05) is 6.20 Å². The molecule has 0 saturated heterocycles. The SMILES string of the molecule is Cc1ccc2c(cnn2PI)c1C1Cc2nc[nH]c(=O)c2CC1C. The number of halogens is 1. The molecule has 1 N–H and O–H groups in total. The number of aromatic amines is 1. The molecule has 1 aromatic carbocycles. The molecule has 3 aromatic rings. The lowest BCUT2D eigenvalue weighted by molar-refractivity contribution is 0.419. The summed E-state index contributed by atoms with van der Waals surface area (Å²) in [6.45, 7) is 4.41. The zero-order valence-corrected chi connectivity index (χ0v) is 16.7. The molecule has 0 radical (unpaired) electrons. The Hall–Kier alpha value is -1.27. The van der Waals surface area contributed by atoms with Crippen molar-refractivity contribution in [1.82, 2.24) is 19.5 Å². The molecule has 1 aliphatic rings. The van der Waals surface area contributed by atoms with Gasteiger partial charge in [-0.3, -0.25) is 4.79 Å². The van der Waals surface area contributed by atoms with Crippen LogP contribution in [0.3, 0.4) is 0 Å². The second-order valence-corrected chi connectivity index (χ2v) is 8.56. The lowest BCUT2D eigenvalue weighted by Gasteiger charge is -2.31. The number of aromatic nitrogens is 4. The van der Waals surface area contributed by atoms with Gasteiger partial charge in [0, 0.05) is 10.9 Å². The monoisotopic (exact) mass is 452 g/mol. The van der Waals surface area contributed by atoms with Crippen molar-refractivity contribution >= 4 is 39.3 Å². The smallest absolute Gasteiger partial charge is 0.254 e. The van der Waals surface area contributed by atoms with Crippen LogP contribution in [0.1, 0.15) is 35.2 Å². The van der Waals surface area contributed by atoms with Crippen molar-refractivity contribution in [2.45, 2.75) is 32.6 Å². The average Bonchev–Trinajstić information content (AvgIpc) is 2.98. The van der Waals surface area contributed by atoms with Crippen molar-refractivity contribution in [2.24, 2.45) is 5.92 Å². The highest BCUT2D eigenvalue weighted by Crippen LogP contribution is 2.41. The lowest BCUT2D eigenvalue weighted by atomic mass is 9.73. The fourth-order valence-corrected chi connectivity index (χ4v) is 5.44. The molecular weight excluding hydrogens is 434 g/mol. The Balaban J connectivity index is 1.87. The van der Waals surface area contributed by atoms with Crippen LogP contribution in [0, 0.1) is 12.8 Å². The van der Waals surface area contributed by atoms with E-state index < -0.39 is 0 Å². The van der Waals surface area contributed by atoms with Crippen molar-refractivity contribution in [3.63, 3.8) is 0 Å². The van der Waals surface area contributed by atoms with Crippen LogP contribution >= 0.6 is 28.4 Å². The van der Waals surface area contributed by atoms with Crippen molar-refractivity contribution in [2.75, 3.05) is 0 Å². The number of H-pyrrole nitrogens is 1. The molecule has 2 aromatic heterocycles. The third-order valence-electron chi connectivity index (χ3n) is 5.13. The first kappa shape index (κ1) is 16.2. The topological polar surface area (TPSA) is 63.6 Å². The maximum absolute atomic E-state index is 12.1. The molecule has 0 fully saturated rings. The lowest BCUT2D eigenvalue weighted by Crippen LogP contribution is -2.29. The first-order chi connectivity index (χ1) is 11.6. The predicted octanol–water partition coefficient (Wildman–Crippen LogP) is 3.74. The van der Waals surface area contributed by atoms with Crippen LogP contribution < -0.4 is 5.56 Å². The summed E-state index contributed by atoms with van der Waals surface area (Å²) < 4.78 is 2.06. The van der Waals surface area contributed by atoms with Gasteiger partial charge in [0.1, 0.15) is 0 Å². The number of aryl methyl sites for hydroxylation is 1. The van der Waals surface area contributed by atoms with E-state index >= 15 is 0 Å². The van der Waals surface area contributed by atoms with Crippen molar-refractivity contribution in [3.05, 3.63) is 57.4 Å². The number of nitrogens with one attached hydrogen (secondary N) is 1. The van der Waals surface area contributed by atoms with E-state index in [0.29, 0.717) is 18.2 Å². The second-order valence-electron chi connectivity index (χ2n) is 6.52. The van der Waals surface area contributed by atoms with Crippen molar-refractivity contribution < 1.29 is 0 Å². The second kappa shape index (κ2) is 6.23. The summed E-state index contributed by atoms with van der Waals surface area (Å²) in [5.74, 6) is 0.767. The number of fused-ring (bicyclic) bond motifs is 2. The molecule has 5 nitrogen and oxygen atoms in total. The maximum atomic E-state index is 12.1.